The third-order valence-electron chi connectivity index (χ3n) is 4.51. The van der Waals surface area contributed by atoms with Gasteiger partial charge in [-0.2, -0.15) is 0 Å². The van der Waals surface area contributed by atoms with Crippen LogP contribution in [0.25, 0.3) is 0 Å². The number of benzene rings is 1. The van der Waals surface area contributed by atoms with Crippen molar-refractivity contribution in [3.63, 3.8) is 0 Å². The zero-order valence-corrected chi connectivity index (χ0v) is 14.8. The van der Waals surface area contributed by atoms with Crippen LogP contribution in [-0.2, 0) is 6.54 Å². The van der Waals surface area contributed by atoms with Crippen molar-refractivity contribution in [1.82, 2.24) is 9.80 Å². The standard InChI is InChI=1S/C17H30N2Si/c1-18(2)16-10-12-19(13-11-16)14-15-6-8-17(9-7-15)20(3,4)5/h6-9,16H,10-14H2,1-5H3. The van der Waals surface area contributed by atoms with Crippen molar-refractivity contribution < 1.29 is 0 Å². The minimum atomic E-state index is -1.15. The average Bonchev–Trinajstić information content (AvgIpc) is 2.39. The molecular weight excluding hydrogens is 260 g/mol. The highest BCUT2D eigenvalue weighted by Crippen LogP contribution is 2.16. The summed E-state index contributed by atoms with van der Waals surface area (Å²) in [4.78, 5) is 4.98. The van der Waals surface area contributed by atoms with Crippen LogP contribution in [0.1, 0.15) is 18.4 Å². The molecule has 1 aliphatic rings. The molecule has 0 saturated carbocycles. The number of piperidine rings is 1. The Balaban J connectivity index is 1.89. The van der Waals surface area contributed by atoms with E-state index >= 15 is 0 Å². The van der Waals surface area contributed by atoms with E-state index in [-0.39, 0.29) is 0 Å². The van der Waals surface area contributed by atoms with Crippen LogP contribution in [0.2, 0.25) is 19.6 Å². The normalized spacial score (nSPS) is 18.7. The maximum absolute atomic E-state index is 2.60. The second-order valence-electron chi connectivity index (χ2n) is 7.42. The van der Waals surface area contributed by atoms with Gasteiger partial charge in [-0.05, 0) is 45.6 Å². The fourth-order valence-electron chi connectivity index (χ4n) is 2.96. The smallest absolute Gasteiger partial charge is 0.0775 e. The summed E-state index contributed by atoms with van der Waals surface area (Å²) in [5.74, 6) is 0. The molecule has 1 aliphatic heterocycles. The maximum atomic E-state index is 2.60. The van der Waals surface area contributed by atoms with Crippen LogP contribution in [0.5, 0.6) is 0 Å². The van der Waals surface area contributed by atoms with Crippen molar-refractivity contribution in [2.24, 2.45) is 0 Å². The second-order valence-corrected chi connectivity index (χ2v) is 12.5. The summed E-state index contributed by atoms with van der Waals surface area (Å²) in [6.07, 6.45) is 2.61. The molecule has 0 amide bonds. The van der Waals surface area contributed by atoms with Crippen molar-refractivity contribution in [3.8, 4) is 0 Å². The van der Waals surface area contributed by atoms with E-state index in [0.717, 1.165) is 12.6 Å². The molecule has 1 aromatic carbocycles. The second kappa shape index (κ2) is 6.42. The molecule has 0 aromatic heterocycles. The Hall–Kier alpha value is -0.643. The third-order valence-corrected chi connectivity index (χ3v) is 6.58. The van der Waals surface area contributed by atoms with Gasteiger partial charge in [0, 0.05) is 12.6 Å². The first-order valence-electron chi connectivity index (χ1n) is 7.84. The highest BCUT2D eigenvalue weighted by atomic mass is 28.3. The van der Waals surface area contributed by atoms with Gasteiger partial charge in [-0.25, -0.2) is 0 Å². The summed E-state index contributed by atoms with van der Waals surface area (Å²) in [7, 11) is 3.26. The van der Waals surface area contributed by atoms with Gasteiger partial charge in [0.15, 0.2) is 0 Å². The Labute approximate surface area is 125 Å². The predicted molar refractivity (Wildman–Crippen MR) is 91.4 cm³/mol. The van der Waals surface area contributed by atoms with Gasteiger partial charge in [0.05, 0.1) is 8.07 Å². The first-order chi connectivity index (χ1) is 9.36. The summed E-state index contributed by atoms with van der Waals surface area (Å²) in [6.45, 7) is 10.8. The maximum Gasteiger partial charge on any atom is 0.0775 e. The lowest BCUT2D eigenvalue weighted by Crippen LogP contribution is -2.41. The largest absolute Gasteiger partial charge is 0.306 e. The van der Waals surface area contributed by atoms with Gasteiger partial charge < -0.3 is 4.90 Å². The van der Waals surface area contributed by atoms with Gasteiger partial charge in [-0.1, -0.05) is 49.1 Å². The molecule has 1 saturated heterocycles. The molecule has 0 bridgehead atoms. The first kappa shape index (κ1) is 15.7. The Morgan fingerprint density at radius 2 is 1.60 bits per heavy atom. The Morgan fingerprint density at radius 1 is 1.05 bits per heavy atom. The van der Waals surface area contributed by atoms with E-state index < -0.39 is 8.07 Å². The Bertz CT molecular complexity index is 412. The quantitative estimate of drug-likeness (QED) is 0.787. The lowest BCUT2D eigenvalue weighted by atomic mass is 10.0. The molecule has 112 valence electrons. The molecule has 20 heavy (non-hydrogen) atoms. The fourth-order valence-corrected chi connectivity index (χ4v) is 4.13. The van der Waals surface area contributed by atoms with Crippen molar-refractivity contribution in [3.05, 3.63) is 29.8 Å². The molecule has 1 aromatic rings. The van der Waals surface area contributed by atoms with E-state index in [1.807, 2.05) is 0 Å². The molecule has 2 nitrogen and oxygen atoms in total. The van der Waals surface area contributed by atoms with E-state index in [2.05, 4.69) is 67.8 Å². The average molecular weight is 291 g/mol. The highest BCUT2D eigenvalue weighted by Gasteiger charge is 2.21. The molecule has 0 radical (unpaired) electrons. The topological polar surface area (TPSA) is 6.48 Å². The first-order valence-corrected chi connectivity index (χ1v) is 11.3. The zero-order chi connectivity index (χ0) is 14.8. The summed E-state index contributed by atoms with van der Waals surface area (Å²) in [5, 5.41) is 1.56. The van der Waals surface area contributed by atoms with Gasteiger partial charge in [0.1, 0.15) is 0 Å². The monoisotopic (exact) mass is 290 g/mol. The number of nitrogens with zero attached hydrogens (tertiary/aromatic N) is 2. The number of hydrogen-bond donors (Lipinski definition) is 0. The summed E-state index contributed by atoms with van der Waals surface area (Å²) >= 11 is 0. The third kappa shape index (κ3) is 4.17. The fraction of sp³-hybridized carbons (Fsp3) is 0.647. The zero-order valence-electron chi connectivity index (χ0n) is 13.8. The lowest BCUT2D eigenvalue weighted by molar-refractivity contribution is 0.140. The summed E-state index contributed by atoms with van der Waals surface area (Å²) < 4.78 is 0. The minimum Gasteiger partial charge on any atom is -0.306 e. The van der Waals surface area contributed by atoms with E-state index in [9.17, 15) is 0 Å². The molecule has 2 rings (SSSR count). The van der Waals surface area contributed by atoms with Crippen LogP contribution in [0.15, 0.2) is 24.3 Å². The van der Waals surface area contributed by atoms with Crippen molar-refractivity contribution in [2.75, 3.05) is 27.2 Å². The number of hydrogen-bond acceptors (Lipinski definition) is 2. The van der Waals surface area contributed by atoms with Crippen LogP contribution in [0, 0.1) is 0 Å². The predicted octanol–water partition coefficient (Wildman–Crippen LogP) is 2.76. The Kier molecular flexibility index (Phi) is 5.05. The van der Waals surface area contributed by atoms with Crippen LogP contribution in [0.3, 0.4) is 0 Å². The molecule has 0 aliphatic carbocycles. The van der Waals surface area contributed by atoms with E-state index in [1.54, 1.807) is 5.19 Å². The molecule has 0 spiro atoms. The molecule has 0 unspecified atom stereocenters. The van der Waals surface area contributed by atoms with Gasteiger partial charge >= 0.3 is 0 Å². The number of likely N-dealkylation sites (tertiary alicyclic amines) is 1. The molecule has 3 heteroatoms. The van der Waals surface area contributed by atoms with Gasteiger partial charge in [-0.3, -0.25) is 4.90 Å². The molecule has 0 atom stereocenters. The Morgan fingerprint density at radius 3 is 2.05 bits per heavy atom. The van der Waals surface area contributed by atoms with Crippen molar-refractivity contribution in [1.29, 1.82) is 0 Å². The van der Waals surface area contributed by atoms with Crippen molar-refractivity contribution >= 4 is 13.3 Å². The van der Waals surface area contributed by atoms with Crippen molar-refractivity contribution in [2.45, 2.75) is 45.1 Å². The number of rotatable bonds is 4. The van der Waals surface area contributed by atoms with Gasteiger partial charge in [0.25, 0.3) is 0 Å². The highest BCUT2D eigenvalue weighted by molar-refractivity contribution is 6.88. The molecule has 0 N–H and O–H groups in total. The van der Waals surface area contributed by atoms with E-state index in [4.69, 9.17) is 0 Å². The van der Waals surface area contributed by atoms with Crippen LogP contribution >= 0.6 is 0 Å². The van der Waals surface area contributed by atoms with Gasteiger partial charge in [-0.15, -0.1) is 0 Å². The molecule has 1 heterocycles. The molecular formula is C17H30N2Si. The van der Waals surface area contributed by atoms with E-state index in [0.29, 0.717) is 0 Å². The van der Waals surface area contributed by atoms with Crippen LogP contribution in [-0.4, -0.2) is 51.1 Å². The summed E-state index contributed by atoms with van der Waals surface area (Å²) in [5.41, 5.74) is 1.47. The van der Waals surface area contributed by atoms with Crippen LogP contribution < -0.4 is 5.19 Å². The SMILES string of the molecule is CN(C)C1CCN(Cc2ccc([Si](C)(C)C)cc2)CC1. The summed E-state index contributed by atoms with van der Waals surface area (Å²) in [6, 6.07) is 10.2. The minimum absolute atomic E-state index is 0.778. The van der Waals surface area contributed by atoms with Crippen LogP contribution in [0.4, 0.5) is 0 Å². The van der Waals surface area contributed by atoms with Gasteiger partial charge in [0.2, 0.25) is 0 Å². The van der Waals surface area contributed by atoms with E-state index in [1.165, 1.54) is 31.5 Å². The lowest BCUT2D eigenvalue weighted by Gasteiger charge is -2.35. The molecule has 1 fully saturated rings.